The number of benzene rings is 2. The molecule has 0 aromatic heterocycles. The Labute approximate surface area is 204 Å². The molecule has 0 bridgehead atoms. The maximum atomic E-state index is 13.4. The van der Waals surface area contributed by atoms with Gasteiger partial charge in [0, 0.05) is 12.6 Å². The van der Waals surface area contributed by atoms with Crippen LogP contribution >= 0.6 is 0 Å². The molecule has 1 unspecified atom stereocenters. The monoisotopic (exact) mass is 464 g/mol. The topological polar surface area (TPSA) is 58.6 Å². The molecule has 2 amide bonds. The number of carbonyl (C=O) groups is 2. The molecule has 1 saturated carbocycles. The Kier molecular flexibility index (Phi) is 9.55. The minimum Gasteiger partial charge on any atom is -0.483 e. The molecule has 3 rings (SSSR count). The molecule has 34 heavy (non-hydrogen) atoms. The average Bonchev–Trinajstić information content (AvgIpc) is 2.84. The largest absolute Gasteiger partial charge is 0.483 e. The van der Waals surface area contributed by atoms with Crippen LogP contribution < -0.4 is 10.1 Å². The summed E-state index contributed by atoms with van der Waals surface area (Å²) < 4.78 is 5.99. The van der Waals surface area contributed by atoms with Gasteiger partial charge in [0.1, 0.15) is 11.8 Å². The molecule has 5 nitrogen and oxygen atoms in total. The van der Waals surface area contributed by atoms with Crippen LogP contribution in [-0.2, 0) is 16.0 Å². The fourth-order valence-corrected chi connectivity index (χ4v) is 4.81. The highest BCUT2D eigenvalue weighted by Crippen LogP contribution is 2.24. The summed E-state index contributed by atoms with van der Waals surface area (Å²) >= 11 is 0. The van der Waals surface area contributed by atoms with Crippen LogP contribution in [-0.4, -0.2) is 41.9 Å². The van der Waals surface area contributed by atoms with Gasteiger partial charge in [-0.1, -0.05) is 62.6 Å². The number of hydrogen-bond donors (Lipinski definition) is 1. The van der Waals surface area contributed by atoms with E-state index in [1.54, 1.807) is 4.90 Å². The molecule has 0 spiro atoms. The number of amides is 2. The van der Waals surface area contributed by atoms with E-state index in [9.17, 15) is 9.59 Å². The van der Waals surface area contributed by atoms with E-state index in [2.05, 4.69) is 23.5 Å². The Morgan fingerprint density at radius 3 is 2.44 bits per heavy atom. The van der Waals surface area contributed by atoms with Gasteiger partial charge in [-0.15, -0.1) is 0 Å². The zero-order chi connectivity index (χ0) is 24.5. The molecule has 1 atom stereocenters. The van der Waals surface area contributed by atoms with Crippen LogP contribution in [0.3, 0.4) is 0 Å². The van der Waals surface area contributed by atoms with Crippen molar-refractivity contribution < 1.29 is 14.3 Å². The van der Waals surface area contributed by atoms with Crippen LogP contribution in [0.1, 0.15) is 67.7 Å². The fourth-order valence-electron chi connectivity index (χ4n) is 4.81. The van der Waals surface area contributed by atoms with Gasteiger partial charge in [-0.2, -0.15) is 0 Å². The summed E-state index contributed by atoms with van der Waals surface area (Å²) in [5, 5.41) is 3.23. The standard InChI is InChI=1S/C29H40N2O3/c1-5-26(29(33)30-25-14-10-7-11-15-25)31(17-16-24-12-8-6-9-13-24)28(32)20-34-27-19-21(2)18-22(3)23(27)4/h6,8-9,12-13,18-19,25-26H,5,7,10-11,14-17,20H2,1-4H3,(H,30,33). The predicted octanol–water partition coefficient (Wildman–Crippen LogP) is 5.29. The highest BCUT2D eigenvalue weighted by Gasteiger charge is 2.30. The van der Waals surface area contributed by atoms with E-state index in [1.165, 1.54) is 6.42 Å². The molecule has 2 aromatic carbocycles. The second-order valence-electron chi connectivity index (χ2n) is 9.58. The summed E-state index contributed by atoms with van der Waals surface area (Å²) in [4.78, 5) is 28.4. The van der Waals surface area contributed by atoms with Gasteiger partial charge in [-0.05, 0) is 74.8 Å². The zero-order valence-corrected chi connectivity index (χ0v) is 21.2. The van der Waals surface area contributed by atoms with Crippen LogP contribution in [0.15, 0.2) is 42.5 Å². The molecule has 1 N–H and O–H groups in total. The van der Waals surface area contributed by atoms with Crippen LogP contribution in [0.4, 0.5) is 0 Å². The SMILES string of the molecule is CCC(C(=O)NC1CCCCC1)N(CCc1ccccc1)C(=O)COc1cc(C)cc(C)c1C. The van der Waals surface area contributed by atoms with E-state index in [1.807, 2.05) is 52.0 Å². The highest BCUT2D eigenvalue weighted by molar-refractivity contribution is 5.88. The minimum absolute atomic E-state index is 0.0432. The number of rotatable bonds is 10. The van der Waals surface area contributed by atoms with Gasteiger partial charge in [-0.3, -0.25) is 9.59 Å². The summed E-state index contributed by atoms with van der Waals surface area (Å²) in [6, 6.07) is 13.9. The zero-order valence-electron chi connectivity index (χ0n) is 21.2. The van der Waals surface area contributed by atoms with Crippen molar-refractivity contribution in [3.05, 3.63) is 64.7 Å². The minimum atomic E-state index is -0.498. The van der Waals surface area contributed by atoms with Crippen molar-refractivity contribution in [2.75, 3.05) is 13.2 Å². The van der Waals surface area contributed by atoms with Gasteiger partial charge in [0.25, 0.3) is 5.91 Å². The summed E-state index contributed by atoms with van der Waals surface area (Å²) in [6.45, 7) is 8.46. The quantitative estimate of drug-likeness (QED) is 0.520. The van der Waals surface area contributed by atoms with E-state index in [4.69, 9.17) is 4.74 Å². The maximum Gasteiger partial charge on any atom is 0.261 e. The summed E-state index contributed by atoms with van der Waals surface area (Å²) in [5.41, 5.74) is 4.43. The molecule has 0 saturated heterocycles. The van der Waals surface area contributed by atoms with Gasteiger partial charge in [0.2, 0.25) is 5.91 Å². The van der Waals surface area contributed by atoms with E-state index in [0.29, 0.717) is 19.4 Å². The van der Waals surface area contributed by atoms with Crippen molar-refractivity contribution in [1.82, 2.24) is 10.2 Å². The number of carbonyl (C=O) groups excluding carboxylic acids is 2. The second-order valence-corrected chi connectivity index (χ2v) is 9.58. The van der Waals surface area contributed by atoms with E-state index in [-0.39, 0.29) is 24.5 Å². The van der Waals surface area contributed by atoms with Gasteiger partial charge < -0.3 is 15.0 Å². The van der Waals surface area contributed by atoms with Gasteiger partial charge >= 0.3 is 0 Å². The fraction of sp³-hybridized carbons (Fsp3) is 0.517. The van der Waals surface area contributed by atoms with Crippen molar-refractivity contribution in [3.8, 4) is 5.75 Å². The lowest BCUT2D eigenvalue weighted by Gasteiger charge is -2.32. The Hall–Kier alpha value is -2.82. The lowest BCUT2D eigenvalue weighted by molar-refractivity contribution is -0.142. The van der Waals surface area contributed by atoms with Crippen molar-refractivity contribution in [3.63, 3.8) is 0 Å². The molecular weight excluding hydrogens is 424 g/mol. The lowest BCUT2D eigenvalue weighted by Crippen LogP contribution is -2.53. The third kappa shape index (κ3) is 7.09. The summed E-state index contributed by atoms with van der Waals surface area (Å²) in [5.74, 6) is 0.534. The molecule has 1 aliphatic rings. The van der Waals surface area contributed by atoms with Crippen molar-refractivity contribution in [2.45, 2.75) is 84.7 Å². The first-order valence-corrected chi connectivity index (χ1v) is 12.7. The first-order valence-electron chi connectivity index (χ1n) is 12.7. The maximum absolute atomic E-state index is 13.4. The molecule has 1 aliphatic carbocycles. The Morgan fingerprint density at radius 2 is 1.76 bits per heavy atom. The van der Waals surface area contributed by atoms with E-state index >= 15 is 0 Å². The molecule has 5 heteroatoms. The van der Waals surface area contributed by atoms with Crippen molar-refractivity contribution in [1.29, 1.82) is 0 Å². The Balaban J connectivity index is 1.74. The molecule has 2 aromatic rings. The molecular formula is C29H40N2O3. The van der Waals surface area contributed by atoms with Crippen LogP contribution in [0, 0.1) is 20.8 Å². The second kappa shape index (κ2) is 12.6. The number of aryl methyl sites for hydroxylation is 2. The summed E-state index contributed by atoms with van der Waals surface area (Å²) in [6.07, 6.45) is 6.86. The van der Waals surface area contributed by atoms with Gasteiger partial charge in [0.15, 0.2) is 6.61 Å². The molecule has 0 heterocycles. The first kappa shape index (κ1) is 25.8. The third-order valence-corrected chi connectivity index (χ3v) is 6.94. The third-order valence-electron chi connectivity index (χ3n) is 6.94. The van der Waals surface area contributed by atoms with Crippen LogP contribution in [0.2, 0.25) is 0 Å². The molecule has 0 aliphatic heterocycles. The molecule has 184 valence electrons. The molecule has 0 radical (unpaired) electrons. The van der Waals surface area contributed by atoms with Crippen molar-refractivity contribution >= 4 is 11.8 Å². The normalized spacial score (nSPS) is 14.9. The van der Waals surface area contributed by atoms with E-state index < -0.39 is 6.04 Å². The lowest BCUT2D eigenvalue weighted by atomic mass is 9.95. The number of ether oxygens (including phenoxy) is 1. The predicted molar refractivity (Wildman–Crippen MR) is 137 cm³/mol. The average molecular weight is 465 g/mol. The Morgan fingerprint density at radius 1 is 1.06 bits per heavy atom. The van der Waals surface area contributed by atoms with Crippen LogP contribution in [0.25, 0.3) is 0 Å². The van der Waals surface area contributed by atoms with Gasteiger partial charge in [0.05, 0.1) is 0 Å². The number of hydrogen-bond acceptors (Lipinski definition) is 3. The van der Waals surface area contributed by atoms with Crippen LogP contribution in [0.5, 0.6) is 5.75 Å². The van der Waals surface area contributed by atoms with Crippen molar-refractivity contribution in [2.24, 2.45) is 0 Å². The smallest absolute Gasteiger partial charge is 0.261 e. The highest BCUT2D eigenvalue weighted by atomic mass is 16.5. The Bertz CT molecular complexity index is 951. The van der Waals surface area contributed by atoms with Gasteiger partial charge in [-0.25, -0.2) is 0 Å². The first-order chi connectivity index (χ1) is 16.4. The number of nitrogens with zero attached hydrogens (tertiary/aromatic N) is 1. The number of nitrogens with one attached hydrogen (secondary N) is 1. The van der Waals surface area contributed by atoms with E-state index in [0.717, 1.165) is 53.7 Å². The molecule has 1 fully saturated rings. The summed E-state index contributed by atoms with van der Waals surface area (Å²) in [7, 11) is 0.